The fourth-order valence-electron chi connectivity index (χ4n) is 7.77. The minimum absolute atomic E-state index is 0.322. The zero-order valence-electron chi connectivity index (χ0n) is 31.7. The molecule has 4 atom stereocenters. The van der Waals surface area contributed by atoms with Gasteiger partial charge >= 0.3 is 5.97 Å². The van der Waals surface area contributed by atoms with E-state index < -0.39 is 26.4 Å². The number of esters is 1. The molecule has 0 radical (unpaired) electrons. The number of pyridine rings is 1. The molecule has 1 fully saturated rings. The molecule has 1 aliphatic rings. The third-order valence-corrected chi connectivity index (χ3v) is 16.2. The number of hydrogen-bond acceptors (Lipinski definition) is 11. The summed E-state index contributed by atoms with van der Waals surface area (Å²) in [5.74, 6) is 0.0103. The number of anilines is 3. The van der Waals surface area contributed by atoms with Crippen molar-refractivity contribution in [3.63, 3.8) is 0 Å². The Morgan fingerprint density at radius 3 is 2.06 bits per heavy atom. The average Bonchev–Trinajstić information content (AvgIpc) is 3.74. The number of hydrogen-bond donors (Lipinski definition) is 2. The fourth-order valence-corrected chi connectivity index (χ4v) is 13.5. The van der Waals surface area contributed by atoms with E-state index in [-0.39, 0.29) is 17.0 Å². The van der Waals surface area contributed by atoms with E-state index in [9.17, 15) is 4.79 Å². The average molecular weight is 759 g/mol. The first-order valence-corrected chi connectivity index (χ1v) is 20.8. The van der Waals surface area contributed by atoms with Crippen LogP contribution in [0.3, 0.4) is 0 Å². The van der Waals surface area contributed by atoms with Gasteiger partial charge in [-0.15, -0.1) is 11.3 Å². The van der Waals surface area contributed by atoms with Crippen molar-refractivity contribution in [3.05, 3.63) is 115 Å². The largest absolute Gasteiger partial charge is 0.469 e. The number of carbonyl (C=O) groups excluding carboxylic acids is 1. The molecule has 0 bridgehead atoms. The summed E-state index contributed by atoms with van der Waals surface area (Å²) in [6.07, 6.45) is 1.000. The van der Waals surface area contributed by atoms with E-state index in [1.54, 1.807) is 24.6 Å². The monoisotopic (exact) mass is 758 g/mol. The molecule has 7 rings (SSSR count). The van der Waals surface area contributed by atoms with Crippen LogP contribution in [0.25, 0.3) is 20.8 Å². The third-order valence-electron chi connectivity index (χ3n) is 10.1. The number of methoxy groups -OCH3 is 2. The predicted octanol–water partition coefficient (Wildman–Crippen LogP) is 7.44. The second kappa shape index (κ2) is 15.4. The molecular weight excluding hydrogens is 713 g/mol. The number of fused-ring (bicyclic) bond motifs is 1. The van der Waals surface area contributed by atoms with E-state index in [1.165, 1.54) is 7.11 Å². The number of nitrogens with zero attached hydrogens (tertiary/aromatic N) is 4. The molecular formula is C42H46N6O4SSi. The molecule has 3 heterocycles. The van der Waals surface area contributed by atoms with Crippen LogP contribution in [0.1, 0.15) is 38.6 Å². The minimum Gasteiger partial charge on any atom is -0.469 e. The molecule has 2 N–H and O–H groups in total. The molecule has 4 unspecified atom stereocenters. The predicted molar refractivity (Wildman–Crippen MR) is 218 cm³/mol. The molecule has 10 nitrogen and oxygen atoms in total. The smallest absolute Gasteiger partial charge is 0.311 e. The maximum absolute atomic E-state index is 13.8. The van der Waals surface area contributed by atoms with Crippen molar-refractivity contribution in [2.75, 3.05) is 24.9 Å². The van der Waals surface area contributed by atoms with Crippen molar-refractivity contribution in [1.82, 2.24) is 19.9 Å². The van der Waals surface area contributed by atoms with Crippen LogP contribution in [0, 0.1) is 19.8 Å². The summed E-state index contributed by atoms with van der Waals surface area (Å²) in [5.41, 5.74) is 4.24. The summed E-state index contributed by atoms with van der Waals surface area (Å²) in [6, 6.07) is 32.4. The van der Waals surface area contributed by atoms with Crippen LogP contribution in [0.2, 0.25) is 5.04 Å². The van der Waals surface area contributed by atoms with Gasteiger partial charge in [0, 0.05) is 30.4 Å². The number of para-hydroxylation sites is 1. The number of aryl methyl sites for hydroxylation is 2. The van der Waals surface area contributed by atoms with Crippen LogP contribution >= 0.6 is 11.3 Å². The van der Waals surface area contributed by atoms with Crippen molar-refractivity contribution in [1.29, 1.82) is 0 Å². The summed E-state index contributed by atoms with van der Waals surface area (Å²) in [4.78, 5) is 33.0. The molecule has 3 aromatic carbocycles. The van der Waals surface area contributed by atoms with Crippen LogP contribution < -0.4 is 21.0 Å². The number of aromatic nitrogens is 4. The summed E-state index contributed by atoms with van der Waals surface area (Å²) >= 11 is 1.57. The fraction of sp³-hybridized carbons (Fsp3) is 0.310. The van der Waals surface area contributed by atoms with Gasteiger partial charge in [-0.25, -0.2) is 9.97 Å². The molecule has 12 heteroatoms. The molecule has 54 heavy (non-hydrogen) atoms. The number of carbonyl (C=O) groups is 1. The summed E-state index contributed by atoms with van der Waals surface area (Å²) in [5, 5.41) is 9.76. The molecule has 278 valence electrons. The maximum Gasteiger partial charge on any atom is 0.311 e. The summed E-state index contributed by atoms with van der Waals surface area (Å²) in [6.45, 7) is 10.6. The van der Waals surface area contributed by atoms with Crippen LogP contribution in [0.15, 0.2) is 103 Å². The van der Waals surface area contributed by atoms with Gasteiger partial charge in [-0.05, 0) is 59.9 Å². The lowest BCUT2D eigenvalue weighted by Crippen LogP contribution is -2.69. The first-order valence-electron chi connectivity index (χ1n) is 18.1. The van der Waals surface area contributed by atoms with Gasteiger partial charge in [0.25, 0.3) is 8.32 Å². The molecule has 0 amide bonds. The highest BCUT2D eigenvalue weighted by atomic mass is 32.1. The quantitative estimate of drug-likeness (QED) is 0.102. The van der Waals surface area contributed by atoms with E-state index in [1.807, 2.05) is 56.3 Å². The summed E-state index contributed by atoms with van der Waals surface area (Å²) < 4.78 is 20.5. The highest BCUT2D eigenvalue weighted by molar-refractivity contribution is 7.21. The van der Waals surface area contributed by atoms with Crippen LogP contribution in [0.5, 0.6) is 0 Å². The molecule has 0 spiro atoms. The highest BCUT2D eigenvalue weighted by Crippen LogP contribution is 2.43. The van der Waals surface area contributed by atoms with Gasteiger partial charge in [-0.3, -0.25) is 9.78 Å². The lowest BCUT2D eigenvalue weighted by molar-refractivity contribution is -0.149. The normalized spacial score (nSPS) is 18.8. The highest BCUT2D eigenvalue weighted by Gasteiger charge is 2.57. The van der Waals surface area contributed by atoms with Crippen LogP contribution in [-0.2, 0) is 18.7 Å². The van der Waals surface area contributed by atoms with Gasteiger partial charge in [0.05, 0.1) is 41.0 Å². The number of rotatable bonds is 11. The minimum atomic E-state index is -3.10. The Balaban J connectivity index is 1.32. The van der Waals surface area contributed by atoms with Gasteiger partial charge in [-0.2, -0.15) is 4.98 Å². The first-order chi connectivity index (χ1) is 26.0. The Hall–Kier alpha value is -5.01. The van der Waals surface area contributed by atoms with Gasteiger partial charge in [0.15, 0.2) is 0 Å². The molecule has 0 saturated heterocycles. The van der Waals surface area contributed by atoms with E-state index >= 15 is 0 Å². The van der Waals surface area contributed by atoms with Crippen molar-refractivity contribution < 1.29 is 18.7 Å². The standard InChI is InChI=1S/C42H46N6O4SSi/c1-26-22-28(23-27(2)44-26)45-41-43-25-32(39-47-33-20-14-15-21-35(33)53-39)38(48-41)46-34-24-31(40(49)51-7)36(37(34)50-6)52-54(42(3,4)5,29-16-10-8-11-17-29)30-18-12-9-13-19-30/h8-23,25,31,34,36-37H,24H2,1-7H3,(H2,43,44,45,46,48). The number of ether oxygens (including phenoxy) is 2. The van der Waals surface area contributed by atoms with Gasteiger partial charge in [0.2, 0.25) is 5.95 Å². The van der Waals surface area contributed by atoms with Crippen molar-refractivity contribution >= 4 is 63.7 Å². The molecule has 1 saturated carbocycles. The van der Waals surface area contributed by atoms with Crippen LogP contribution in [-0.4, -0.2) is 66.7 Å². The Labute approximate surface area is 321 Å². The molecule has 0 aliphatic heterocycles. The second-order valence-electron chi connectivity index (χ2n) is 14.8. The van der Waals surface area contributed by atoms with Gasteiger partial charge in [-0.1, -0.05) is 93.6 Å². The Bertz CT molecular complexity index is 2150. The SMILES string of the molecule is COC(=O)C1CC(Nc2nc(Nc3cc(C)nc(C)c3)ncc2-c2nc3ccccc3s2)C(OC)C1O[Si](c1ccccc1)(c1ccccc1)C(C)(C)C. The third kappa shape index (κ3) is 7.26. The lowest BCUT2D eigenvalue weighted by Gasteiger charge is -2.46. The number of thiazole rings is 1. The van der Waals surface area contributed by atoms with Crippen molar-refractivity contribution in [2.45, 2.75) is 64.3 Å². The Kier molecular flexibility index (Phi) is 10.6. The number of benzene rings is 3. The Morgan fingerprint density at radius 1 is 0.833 bits per heavy atom. The molecule has 3 aromatic heterocycles. The van der Waals surface area contributed by atoms with E-state index in [0.29, 0.717) is 18.2 Å². The van der Waals surface area contributed by atoms with Crippen LogP contribution in [0.4, 0.5) is 17.5 Å². The van der Waals surface area contributed by atoms with Gasteiger partial charge < -0.3 is 24.5 Å². The Morgan fingerprint density at radius 2 is 1.46 bits per heavy atom. The van der Waals surface area contributed by atoms with Crippen molar-refractivity contribution in [2.24, 2.45) is 5.92 Å². The zero-order valence-corrected chi connectivity index (χ0v) is 33.5. The summed E-state index contributed by atoms with van der Waals surface area (Å²) in [7, 11) is 0.00506. The number of nitrogens with one attached hydrogen (secondary N) is 2. The van der Waals surface area contributed by atoms with E-state index in [0.717, 1.165) is 48.2 Å². The zero-order chi connectivity index (χ0) is 38.0. The lowest BCUT2D eigenvalue weighted by atomic mass is 10.1. The van der Waals surface area contributed by atoms with E-state index in [4.69, 9.17) is 28.9 Å². The first kappa shape index (κ1) is 37.3. The van der Waals surface area contributed by atoms with Gasteiger partial charge in [0.1, 0.15) is 16.9 Å². The molecule has 6 aromatic rings. The second-order valence-corrected chi connectivity index (χ2v) is 20.1. The molecule has 1 aliphatic carbocycles. The van der Waals surface area contributed by atoms with E-state index in [2.05, 4.69) is 91.0 Å². The maximum atomic E-state index is 13.8. The van der Waals surface area contributed by atoms with Crippen molar-refractivity contribution in [3.8, 4) is 10.6 Å². The topological polar surface area (TPSA) is 120 Å².